The highest BCUT2D eigenvalue weighted by molar-refractivity contribution is 7.89. The van der Waals surface area contributed by atoms with Crippen LogP contribution in [-0.2, 0) is 32.5 Å². The van der Waals surface area contributed by atoms with Crippen molar-refractivity contribution in [1.82, 2.24) is 8.87 Å². The highest BCUT2D eigenvalue weighted by Crippen LogP contribution is 2.14. The van der Waals surface area contributed by atoms with Crippen LogP contribution in [-0.4, -0.2) is 49.5 Å². The minimum absolute atomic E-state index is 0.199. The van der Waals surface area contributed by atoms with E-state index in [1.807, 2.05) is 19.1 Å². The number of carbonyl (C=O) groups excluding carboxylic acids is 1. The third kappa shape index (κ3) is 4.49. The average molecular weight is 405 g/mol. The lowest BCUT2D eigenvalue weighted by molar-refractivity contribution is -0.116. The standard InChI is InChI=1S/C19H23N3O5S/c1-2-15-5-7-16(8-6-15)20-18(23)14-21-9-3-4-17(19(21)24)28(25,26)22-10-12-27-13-11-22/h3-9H,2,10-14H2,1H3,(H,20,23). The second-order valence-corrected chi connectivity index (χ2v) is 8.33. The second kappa shape index (κ2) is 8.68. The van der Waals surface area contributed by atoms with Gasteiger partial charge in [0, 0.05) is 25.0 Å². The predicted octanol–water partition coefficient (Wildman–Crippen LogP) is 1.07. The van der Waals surface area contributed by atoms with E-state index in [9.17, 15) is 18.0 Å². The Morgan fingerprint density at radius 3 is 2.46 bits per heavy atom. The Morgan fingerprint density at radius 1 is 1.14 bits per heavy atom. The number of hydrogen-bond acceptors (Lipinski definition) is 5. The van der Waals surface area contributed by atoms with E-state index < -0.39 is 21.5 Å². The van der Waals surface area contributed by atoms with Crippen molar-refractivity contribution in [2.45, 2.75) is 24.8 Å². The minimum Gasteiger partial charge on any atom is -0.379 e. The molecule has 1 aliphatic heterocycles. The molecule has 28 heavy (non-hydrogen) atoms. The zero-order valence-electron chi connectivity index (χ0n) is 15.6. The van der Waals surface area contributed by atoms with Crippen molar-refractivity contribution in [2.75, 3.05) is 31.6 Å². The Hall–Kier alpha value is -2.49. The molecule has 9 heteroatoms. The summed E-state index contributed by atoms with van der Waals surface area (Å²) < 4.78 is 33.0. The number of pyridine rings is 1. The molecule has 3 rings (SSSR count). The van der Waals surface area contributed by atoms with E-state index in [-0.39, 0.29) is 24.5 Å². The SMILES string of the molecule is CCc1ccc(NC(=O)Cn2cccc(S(=O)(=O)N3CCOCC3)c2=O)cc1. The Balaban J connectivity index is 1.76. The fraction of sp³-hybridized carbons (Fsp3) is 0.368. The van der Waals surface area contributed by atoms with E-state index in [1.165, 1.54) is 22.6 Å². The van der Waals surface area contributed by atoms with Gasteiger partial charge >= 0.3 is 0 Å². The van der Waals surface area contributed by atoms with E-state index in [2.05, 4.69) is 5.32 Å². The lowest BCUT2D eigenvalue weighted by atomic mass is 10.1. The third-order valence-corrected chi connectivity index (χ3v) is 6.44. The first kappa shape index (κ1) is 20.2. The number of benzene rings is 1. The number of hydrogen-bond donors (Lipinski definition) is 1. The largest absolute Gasteiger partial charge is 0.379 e. The Bertz CT molecular complexity index is 993. The van der Waals surface area contributed by atoms with Crippen LogP contribution in [0.1, 0.15) is 12.5 Å². The van der Waals surface area contributed by atoms with Crippen LogP contribution in [0.3, 0.4) is 0 Å². The maximum absolute atomic E-state index is 12.8. The molecule has 1 aromatic carbocycles. The lowest BCUT2D eigenvalue weighted by Gasteiger charge is -2.25. The van der Waals surface area contributed by atoms with E-state index >= 15 is 0 Å². The maximum atomic E-state index is 12.8. The molecule has 0 aliphatic carbocycles. The van der Waals surface area contributed by atoms with Gasteiger partial charge in [0.05, 0.1) is 13.2 Å². The smallest absolute Gasteiger partial charge is 0.271 e. The number of rotatable bonds is 6. The zero-order valence-corrected chi connectivity index (χ0v) is 16.4. The number of amides is 1. The third-order valence-electron chi connectivity index (χ3n) is 4.53. The normalized spacial score (nSPS) is 15.3. The monoisotopic (exact) mass is 405 g/mol. The molecule has 1 aliphatic rings. The summed E-state index contributed by atoms with van der Waals surface area (Å²) in [5.74, 6) is -0.410. The van der Waals surface area contributed by atoms with Gasteiger partial charge in [-0.05, 0) is 36.2 Å². The molecule has 1 saturated heterocycles. The number of carbonyl (C=O) groups is 1. The van der Waals surface area contributed by atoms with Crippen molar-refractivity contribution in [1.29, 1.82) is 0 Å². The van der Waals surface area contributed by atoms with Gasteiger partial charge in [-0.3, -0.25) is 9.59 Å². The molecule has 0 spiro atoms. The van der Waals surface area contributed by atoms with Gasteiger partial charge in [0.15, 0.2) is 0 Å². The van der Waals surface area contributed by atoms with Crippen LogP contribution < -0.4 is 10.9 Å². The molecule has 1 amide bonds. The molecule has 0 bridgehead atoms. The molecular weight excluding hydrogens is 382 g/mol. The van der Waals surface area contributed by atoms with Crippen LogP contribution in [0.2, 0.25) is 0 Å². The van der Waals surface area contributed by atoms with Crippen LogP contribution in [0.15, 0.2) is 52.3 Å². The molecule has 8 nitrogen and oxygen atoms in total. The number of sulfonamides is 1. The summed E-state index contributed by atoms with van der Waals surface area (Å²) in [6.45, 7) is 2.74. The van der Waals surface area contributed by atoms with Gasteiger partial charge in [0.1, 0.15) is 11.4 Å². The first-order valence-corrected chi connectivity index (χ1v) is 10.5. The molecule has 150 valence electrons. The lowest BCUT2D eigenvalue weighted by Crippen LogP contribution is -2.43. The first-order valence-electron chi connectivity index (χ1n) is 9.08. The average Bonchev–Trinajstić information content (AvgIpc) is 2.70. The van der Waals surface area contributed by atoms with Crippen molar-refractivity contribution >= 4 is 21.6 Å². The summed E-state index contributed by atoms with van der Waals surface area (Å²) in [7, 11) is -3.93. The first-order chi connectivity index (χ1) is 13.4. The number of nitrogens with zero attached hydrogens (tertiary/aromatic N) is 2. The molecule has 1 N–H and O–H groups in total. The predicted molar refractivity (Wildman–Crippen MR) is 105 cm³/mol. The Labute approximate surface area is 163 Å². The molecular formula is C19H23N3O5S. The van der Waals surface area contributed by atoms with Crippen LogP contribution in [0.25, 0.3) is 0 Å². The second-order valence-electron chi connectivity index (χ2n) is 6.42. The molecule has 1 fully saturated rings. The van der Waals surface area contributed by atoms with E-state index in [0.717, 1.165) is 16.6 Å². The molecule has 2 heterocycles. The fourth-order valence-corrected chi connectivity index (χ4v) is 4.44. The summed E-state index contributed by atoms with van der Waals surface area (Å²) in [5, 5.41) is 2.72. The van der Waals surface area contributed by atoms with Gasteiger partial charge < -0.3 is 14.6 Å². The summed E-state index contributed by atoms with van der Waals surface area (Å²) in [5.41, 5.74) is 1.05. The number of morpholine rings is 1. The quantitative estimate of drug-likeness (QED) is 0.775. The number of anilines is 1. The van der Waals surface area contributed by atoms with Gasteiger partial charge in [-0.2, -0.15) is 4.31 Å². The number of nitrogens with one attached hydrogen (secondary N) is 1. The molecule has 0 unspecified atom stereocenters. The molecule has 0 atom stereocenters. The van der Waals surface area contributed by atoms with Gasteiger partial charge in [0.2, 0.25) is 15.9 Å². The van der Waals surface area contributed by atoms with Crippen molar-refractivity contribution in [3.63, 3.8) is 0 Å². The van der Waals surface area contributed by atoms with Crippen molar-refractivity contribution < 1.29 is 17.9 Å². The Kier molecular flexibility index (Phi) is 6.28. The van der Waals surface area contributed by atoms with Crippen molar-refractivity contribution in [3.8, 4) is 0 Å². The van der Waals surface area contributed by atoms with Gasteiger partial charge in [-0.1, -0.05) is 19.1 Å². The van der Waals surface area contributed by atoms with Crippen LogP contribution in [0, 0.1) is 0 Å². The molecule has 0 saturated carbocycles. The van der Waals surface area contributed by atoms with Crippen molar-refractivity contribution in [3.05, 3.63) is 58.5 Å². The molecule has 2 aromatic rings. The minimum atomic E-state index is -3.93. The number of aryl methyl sites for hydroxylation is 1. The highest BCUT2D eigenvalue weighted by atomic mass is 32.2. The summed E-state index contributed by atoms with van der Waals surface area (Å²) in [6, 6.07) is 10.1. The van der Waals surface area contributed by atoms with E-state index in [0.29, 0.717) is 18.9 Å². The molecule has 0 radical (unpaired) electrons. The topological polar surface area (TPSA) is 97.7 Å². The van der Waals surface area contributed by atoms with E-state index in [1.54, 1.807) is 12.1 Å². The van der Waals surface area contributed by atoms with Crippen LogP contribution in [0.5, 0.6) is 0 Å². The maximum Gasteiger partial charge on any atom is 0.271 e. The summed E-state index contributed by atoms with van der Waals surface area (Å²) >= 11 is 0. The molecule has 1 aromatic heterocycles. The Morgan fingerprint density at radius 2 is 1.82 bits per heavy atom. The summed E-state index contributed by atoms with van der Waals surface area (Å²) in [4.78, 5) is 24.6. The van der Waals surface area contributed by atoms with Gasteiger partial charge in [0.25, 0.3) is 5.56 Å². The number of ether oxygens (including phenoxy) is 1. The van der Waals surface area contributed by atoms with Gasteiger partial charge in [-0.25, -0.2) is 8.42 Å². The van der Waals surface area contributed by atoms with Crippen molar-refractivity contribution in [2.24, 2.45) is 0 Å². The van der Waals surface area contributed by atoms with Gasteiger partial charge in [-0.15, -0.1) is 0 Å². The highest BCUT2D eigenvalue weighted by Gasteiger charge is 2.29. The number of aromatic nitrogens is 1. The fourth-order valence-electron chi connectivity index (χ4n) is 2.94. The van der Waals surface area contributed by atoms with Crippen LogP contribution >= 0.6 is 0 Å². The zero-order chi connectivity index (χ0) is 20.1. The van der Waals surface area contributed by atoms with E-state index in [4.69, 9.17) is 4.74 Å². The summed E-state index contributed by atoms with van der Waals surface area (Å²) in [6.07, 6.45) is 2.30. The van der Waals surface area contributed by atoms with Crippen LogP contribution in [0.4, 0.5) is 5.69 Å².